The van der Waals surface area contributed by atoms with Crippen molar-refractivity contribution in [1.29, 1.82) is 0 Å². The fourth-order valence-corrected chi connectivity index (χ4v) is 2.59. The summed E-state index contributed by atoms with van der Waals surface area (Å²) in [7, 11) is 0. The minimum atomic E-state index is -0.247. The normalized spacial score (nSPS) is 10.4. The Balaban J connectivity index is 1.66. The van der Waals surface area contributed by atoms with Gasteiger partial charge in [0.2, 0.25) is 0 Å². The van der Waals surface area contributed by atoms with E-state index in [2.05, 4.69) is 21.2 Å². The predicted octanol–water partition coefficient (Wildman–Crippen LogP) is 5.78. The van der Waals surface area contributed by atoms with Crippen molar-refractivity contribution in [2.24, 2.45) is 0 Å². The van der Waals surface area contributed by atoms with E-state index in [0.29, 0.717) is 12.1 Å². The maximum atomic E-state index is 13.7. The largest absolute Gasteiger partial charge is 0.488 e. The third kappa shape index (κ3) is 4.36. The van der Waals surface area contributed by atoms with E-state index in [-0.39, 0.29) is 12.4 Å². The molecule has 0 heterocycles. The van der Waals surface area contributed by atoms with Gasteiger partial charge in [-0.25, -0.2) is 4.39 Å². The van der Waals surface area contributed by atoms with Crippen molar-refractivity contribution in [3.63, 3.8) is 0 Å². The molecule has 122 valence electrons. The molecule has 0 aliphatic rings. The Morgan fingerprint density at radius 3 is 2.25 bits per heavy atom. The first-order valence-electron chi connectivity index (χ1n) is 7.66. The summed E-state index contributed by atoms with van der Waals surface area (Å²) in [5.74, 6) is 0.508. The van der Waals surface area contributed by atoms with Gasteiger partial charge < -0.3 is 10.1 Å². The summed E-state index contributed by atoms with van der Waals surface area (Å²) in [5.41, 5.74) is 2.60. The van der Waals surface area contributed by atoms with E-state index in [1.165, 1.54) is 6.07 Å². The molecular formula is C20H17BrFNO. The number of ether oxygens (including phenoxy) is 1. The molecule has 0 aliphatic heterocycles. The highest BCUT2D eigenvalue weighted by molar-refractivity contribution is 9.10. The smallest absolute Gasteiger partial charge is 0.129 e. The Hall–Kier alpha value is -2.33. The van der Waals surface area contributed by atoms with Crippen molar-refractivity contribution >= 4 is 21.6 Å². The molecule has 0 saturated carbocycles. The third-order valence-electron chi connectivity index (χ3n) is 3.64. The predicted molar refractivity (Wildman–Crippen MR) is 98.6 cm³/mol. The quantitative estimate of drug-likeness (QED) is 0.580. The molecule has 0 amide bonds. The van der Waals surface area contributed by atoms with E-state index in [9.17, 15) is 4.39 Å². The fourth-order valence-electron chi connectivity index (χ4n) is 2.33. The van der Waals surface area contributed by atoms with Gasteiger partial charge in [-0.05, 0) is 36.4 Å². The van der Waals surface area contributed by atoms with Crippen molar-refractivity contribution < 1.29 is 9.13 Å². The molecule has 0 spiro atoms. The Labute approximate surface area is 149 Å². The third-order valence-corrected chi connectivity index (χ3v) is 4.17. The number of halogens is 2. The summed E-state index contributed by atoms with van der Waals surface area (Å²) >= 11 is 3.42. The molecule has 3 aromatic carbocycles. The van der Waals surface area contributed by atoms with Crippen LogP contribution in [0.4, 0.5) is 10.1 Å². The minimum Gasteiger partial charge on any atom is -0.488 e. The SMILES string of the molecule is Fc1ccccc1COc1ccccc1CNc1ccc(Br)cc1. The molecule has 0 unspecified atom stereocenters. The van der Waals surface area contributed by atoms with Crippen molar-refractivity contribution in [3.05, 3.63) is 94.2 Å². The molecule has 0 aromatic heterocycles. The number of hydrogen-bond acceptors (Lipinski definition) is 2. The zero-order valence-electron chi connectivity index (χ0n) is 13.0. The van der Waals surface area contributed by atoms with E-state index in [1.54, 1.807) is 12.1 Å². The lowest BCUT2D eigenvalue weighted by atomic mass is 10.2. The molecule has 2 nitrogen and oxygen atoms in total. The van der Waals surface area contributed by atoms with Crippen LogP contribution in [0.15, 0.2) is 77.3 Å². The average molecular weight is 386 g/mol. The lowest BCUT2D eigenvalue weighted by Crippen LogP contribution is -2.04. The Kier molecular flexibility index (Phi) is 5.49. The van der Waals surface area contributed by atoms with E-state index in [4.69, 9.17) is 4.74 Å². The van der Waals surface area contributed by atoms with Gasteiger partial charge in [-0.1, -0.05) is 52.3 Å². The van der Waals surface area contributed by atoms with Crippen LogP contribution in [0.1, 0.15) is 11.1 Å². The van der Waals surface area contributed by atoms with E-state index >= 15 is 0 Å². The summed E-state index contributed by atoms with van der Waals surface area (Å²) in [6, 6.07) is 22.4. The van der Waals surface area contributed by atoms with Gasteiger partial charge in [-0.2, -0.15) is 0 Å². The zero-order chi connectivity index (χ0) is 16.8. The maximum Gasteiger partial charge on any atom is 0.129 e. The Bertz CT molecular complexity index is 805. The monoisotopic (exact) mass is 385 g/mol. The highest BCUT2D eigenvalue weighted by Gasteiger charge is 2.06. The van der Waals surface area contributed by atoms with Gasteiger partial charge >= 0.3 is 0 Å². The number of para-hydroxylation sites is 1. The number of benzene rings is 3. The van der Waals surface area contributed by atoms with Gasteiger partial charge in [0.05, 0.1) is 0 Å². The molecule has 0 bridgehead atoms. The second-order valence-electron chi connectivity index (χ2n) is 5.35. The molecule has 3 rings (SSSR count). The van der Waals surface area contributed by atoms with Crippen molar-refractivity contribution in [1.82, 2.24) is 0 Å². The van der Waals surface area contributed by atoms with Crippen LogP contribution >= 0.6 is 15.9 Å². The van der Waals surface area contributed by atoms with Crippen molar-refractivity contribution in [2.75, 3.05) is 5.32 Å². The molecule has 0 saturated heterocycles. The molecule has 0 fully saturated rings. The second-order valence-corrected chi connectivity index (χ2v) is 6.26. The van der Waals surface area contributed by atoms with Gasteiger partial charge in [0.1, 0.15) is 18.2 Å². The van der Waals surface area contributed by atoms with Gasteiger partial charge in [-0.3, -0.25) is 0 Å². The average Bonchev–Trinajstić information content (AvgIpc) is 2.61. The number of anilines is 1. The van der Waals surface area contributed by atoms with Crippen molar-refractivity contribution in [2.45, 2.75) is 13.2 Å². The molecule has 0 atom stereocenters. The number of nitrogens with one attached hydrogen (secondary N) is 1. The fraction of sp³-hybridized carbons (Fsp3) is 0.100. The first-order valence-corrected chi connectivity index (χ1v) is 8.45. The van der Waals surface area contributed by atoms with Crippen molar-refractivity contribution in [3.8, 4) is 5.75 Å². The molecule has 24 heavy (non-hydrogen) atoms. The summed E-state index contributed by atoms with van der Waals surface area (Å²) in [5, 5.41) is 3.36. The van der Waals surface area contributed by atoms with Crippen LogP contribution in [0.3, 0.4) is 0 Å². The van der Waals surface area contributed by atoms with Gasteiger partial charge in [-0.15, -0.1) is 0 Å². The van der Waals surface area contributed by atoms with E-state index < -0.39 is 0 Å². The van der Waals surface area contributed by atoms with Gasteiger partial charge in [0.25, 0.3) is 0 Å². The lowest BCUT2D eigenvalue weighted by Gasteiger charge is -2.13. The van der Waals surface area contributed by atoms with Gasteiger partial charge in [0.15, 0.2) is 0 Å². The molecule has 0 aliphatic carbocycles. The first-order chi connectivity index (χ1) is 11.7. The zero-order valence-corrected chi connectivity index (χ0v) is 14.6. The standard InChI is InChI=1S/C20H17BrFNO/c21-17-9-11-18(12-10-17)23-13-15-5-2-4-8-20(15)24-14-16-6-1-3-7-19(16)22/h1-12,23H,13-14H2. The van der Waals surface area contributed by atoms with Crippen LogP contribution in [0, 0.1) is 5.82 Å². The summed E-state index contributed by atoms with van der Waals surface area (Å²) in [4.78, 5) is 0. The molecule has 1 N–H and O–H groups in total. The summed E-state index contributed by atoms with van der Waals surface area (Å²) < 4.78 is 20.6. The highest BCUT2D eigenvalue weighted by Crippen LogP contribution is 2.22. The molecule has 0 radical (unpaired) electrons. The Morgan fingerprint density at radius 2 is 1.50 bits per heavy atom. The second kappa shape index (κ2) is 7.97. The lowest BCUT2D eigenvalue weighted by molar-refractivity contribution is 0.297. The van der Waals surface area contributed by atoms with Gasteiger partial charge in [0, 0.05) is 27.8 Å². The summed E-state index contributed by atoms with van der Waals surface area (Å²) in [6.07, 6.45) is 0. The molecule has 4 heteroatoms. The van der Waals surface area contributed by atoms with E-state index in [0.717, 1.165) is 21.5 Å². The Morgan fingerprint density at radius 1 is 0.833 bits per heavy atom. The topological polar surface area (TPSA) is 21.3 Å². The number of rotatable bonds is 6. The van der Waals surface area contributed by atoms with Crippen LogP contribution in [-0.2, 0) is 13.2 Å². The molecular weight excluding hydrogens is 369 g/mol. The van der Waals surface area contributed by atoms with Crippen LogP contribution < -0.4 is 10.1 Å². The maximum absolute atomic E-state index is 13.7. The molecule has 3 aromatic rings. The van der Waals surface area contributed by atoms with E-state index in [1.807, 2.05) is 54.6 Å². The minimum absolute atomic E-state index is 0.210. The van der Waals surface area contributed by atoms with Crippen LogP contribution in [0.5, 0.6) is 5.75 Å². The van der Waals surface area contributed by atoms with Crippen LogP contribution in [-0.4, -0.2) is 0 Å². The summed E-state index contributed by atoms with van der Waals surface area (Å²) in [6.45, 7) is 0.844. The number of hydrogen-bond donors (Lipinski definition) is 1. The highest BCUT2D eigenvalue weighted by atomic mass is 79.9. The van der Waals surface area contributed by atoms with Crippen LogP contribution in [0.25, 0.3) is 0 Å². The first kappa shape index (κ1) is 16.5. The van der Waals surface area contributed by atoms with Crippen LogP contribution in [0.2, 0.25) is 0 Å².